The lowest BCUT2D eigenvalue weighted by Crippen LogP contribution is -2.58. The van der Waals surface area contributed by atoms with Gasteiger partial charge in [0.2, 0.25) is 0 Å². The molecule has 3 aliphatic rings. The van der Waals surface area contributed by atoms with E-state index < -0.39 is 0 Å². The summed E-state index contributed by atoms with van der Waals surface area (Å²) in [7, 11) is 2.20. The second-order valence-corrected chi connectivity index (χ2v) is 7.76. The van der Waals surface area contributed by atoms with E-state index in [-0.39, 0.29) is 5.91 Å². The predicted molar refractivity (Wildman–Crippen MR) is 91.1 cm³/mol. The number of carbonyl (C=O) groups is 1. The maximum absolute atomic E-state index is 12.7. The Morgan fingerprint density at radius 3 is 2.58 bits per heavy atom. The normalized spacial score (nSPS) is 27.6. The number of hydrogen-bond acceptors (Lipinski definition) is 5. The average molecular weight is 332 g/mol. The number of nitrogens with zero attached hydrogens (tertiary/aromatic N) is 4. The maximum atomic E-state index is 12.7. The van der Waals surface area contributed by atoms with Gasteiger partial charge < -0.3 is 14.3 Å². The number of piperazine rings is 1. The molecule has 0 bridgehead atoms. The topological polar surface area (TPSA) is 52.8 Å². The minimum Gasteiger partial charge on any atom is -0.360 e. The van der Waals surface area contributed by atoms with E-state index in [2.05, 4.69) is 28.9 Å². The lowest BCUT2D eigenvalue weighted by molar-refractivity contribution is 0.0223. The average Bonchev–Trinajstić information content (AvgIpc) is 3.32. The van der Waals surface area contributed by atoms with Gasteiger partial charge >= 0.3 is 0 Å². The summed E-state index contributed by atoms with van der Waals surface area (Å²) in [4.78, 5) is 19.7. The lowest BCUT2D eigenvalue weighted by atomic mass is 10.00. The van der Waals surface area contributed by atoms with E-state index in [4.69, 9.17) is 4.52 Å². The summed E-state index contributed by atoms with van der Waals surface area (Å²) in [5.74, 6) is 1.41. The molecule has 2 saturated heterocycles. The molecule has 24 heavy (non-hydrogen) atoms. The number of hydrogen-bond donors (Lipinski definition) is 0. The molecular formula is C18H28N4O2. The van der Waals surface area contributed by atoms with E-state index in [0.29, 0.717) is 23.7 Å². The first-order chi connectivity index (χ1) is 11.6. The van der Waals surface area contributed by atoms with Crippen molar-refractivity contribution in [3.05, 3.63) is 17.5 Å². The second-order valence-electron chi connectivity index (χ2n) is 7.76. The minimum absolute atomic E-state index is 0.0283. The van der Waals surface area contributed by atoms with Crippen molar-refractivity contribution < 1.29 is 9.32 Å². The van der Waals surface area contributed by atoms with Crippen LogP contribution in [0.25, 0.3) is 0 Å². The Balaban J connectivity index is 1.35. The Bertz CT molecular complexity index is 590. The molecule has 1 saturated carbocycles. The zero-order valence-corrected chi connectivity index (χ0v) is 14.8. The molecule has 4 rings (SSSR count). The maximum Gasteiger partial charge on any atom is 0.276 e. The van der Waals surface area contributed by atoms with E-state index in [1.54, 1.807) is 0 Å². The first-order valence-corrected chi connectivity index (χ1v) is 9.32. The van der Waals surface area contributed by atoms with Gasteiger partial charge in [0.05, 0.1) is 0 Å². The molecule has 2 aliphatic heterocycles. The molecule has 132 valence electrons. The smallest absolute Gasteiger partial charge is 0.276 e. The van der Waals surface area contributed by atoms with Crippen molar-refractivity contribution in [2.24, 2.45) is 0 Å². The summed E-state index contributed by atoms with van der Waals surface area (Å²) in [6, 6.07) is 2.93. The molecule has 0 aromatic carbocycles. The summed E-state index contributed by atoms with van der Waals surface area (Å²) >= 11 is 0. The Morgan fingerprint density at radius 2 is 1.92 bits per heavy atom. The highest BCUT2D eigenvalue weighted by atomic mass is 16.5. The number of likely N-dealkylation sites (tertiary alicyclic amines) is 1. The van der Waals surface area contributed by atoms with Gasteiger partial charge in [-0.25, -0.2) is 0 Å². The SMILES string of the molecule is CC1CN(C(=O)c2cc(C3CC3)on2)CCN1C1CCN(C)CC1. The summed E-state index contributed by atoms with van der Waals surface area (Å²) in [5.41, 5.74) is 0.483. The summed E-state index contributed by atoms with van der Waals surface area (Å²) in [6.45, 7) is 7.15. The summed E-state index contributed by atoms with van der Waals surface area (Å²) < 4.78 is 5.34. The molecule has 1 aromatic rings. The monoisotopic (exact) mass is 332 g/mol. The van der Waals surface area contributed by atoms with Crippen LogP contribution < -0.4 is 0 Å². The van der Waals surface area contributed by atoms with Crippen LogP contribution in [0.5, 0.6) is 0 Å². The van der Waals surface area contributed by atoms with Crippen LogP contribution in [0.2, 0.25) is 0 Å². The second kappa shape index (κ2) is 6.48. The first-order valence-electron chi connectivity index (χ1n) is 9.32. The molecule has 0 spiro atoms. The fourth-order valence-electron chi connectivity index (χ4n) is 4.14. The number of aromatic nitrogens is 1. The van der Waals surface area contributed by atoms with Crippen LogP contribution in [0.3, 0.4) is 0 Å². The van der Waals surface area contributed by atoms with Gasteiger partial charge in [-0.3, -0.25) is 9.69 Å². The molecule has 3 fully saturated rings. The Hall–Kier alpha value is -1.40. The molecule has 1 aromatic heterocycles. The van der Waals surface area contributed by atoms with Crippen LogP contribution in [0.1, 0.15) is 54.8 Å². The Morgan fingerprint density at radius 1 is 1.17 bits per heavy atom. The number of amides is 1. The third-order valence-corrected chi connectivity index (χ3v) is 5.85. The first kappa shape index (κ1) is 16.1. The summed E-state index contributed by atoms with van der Waals surface area (Å²) in [6.07, 6.45) is 4.80. The quantitative estimate of drug-likeness (QED) is 0.845. The highest BCUT2D eigenvalue weighted by molar-refractivity contribution is 5.92. The van der Waals surface area contributed by atoms with Gasteiger partial charge in [-0.2, -0.15) is 0 Å². The van der Waals surface area contributed by atoms with Gasteiger partial charge in [0.15, 0.2) is 5.69 Å². The van der Waals surface area contributed by atoms with Crippen molar-refractivity contribution in [3.8, 4) is 0 Å². The predicted octanol–water partition coefficient (Wildman–Crippen LogP) is 1.79. The highest BCUT2D eigenvalue weighted by Crippen LogP contribution is 2.40. The third-order valence-electron chi connectivity index (χ3n) is 5.85. The van der Waals surface area contributed by atoms with Gasteiger partial charge in [-0.15, -0.1) is 0 Å². The standard InChI is InChI=1S/C18H28N4O2/c1-13-12-21(9-10-22(13)15-5-7-20(2)8-6-15)18(23)16-11-17(24-19-16)14-3-4-14/h11,13-15H,3-10,12H2,1-2H3. The summed E-state index contributed by atoms with van der Waals surface area (Å²) in [5, 5.41) is 4.01. The van der Waals surface area contributed by atoms with E-state index in [1.165, 1.54) is 25.9 Å². The van der Waals surface area contributed by atoms with Gasteiger partial charge in [0, 0.05) is 43.7 Å². The molecule has 0 radical (unpaired) electrons. The molecule has 3 heterocycles. The van der Waals surface area contributed by atoms with E-state index in [1.807, 2.05) is 11.0 Å². The van der Waals surface area contributed by atoms with Crippen LogP contribution in [0.15, 0.2) is 10.6 Å². The van der Waals surface area contributed by atoms with E-state index in [9.17, 15) is 4.79 Å². The van der Waals surface area contributed by atoms with Gasteiger partial charge in [-0.05, 0) is 52.7 Å². The van der Waals surface area contributed by atoms with Crippen LogP contribution in [0.4, 0.5) is 0 Å². The Labute approximate surface area is 143 Å². The van der Waals surface area contributed by atoms with E-state index >= 15 is 0 Å². The Kier molecular flexibility index (Phi) is 4.35. The van der Waals surface area contributed by atoms with Crippen molar-refractivity contribution in [3.63, 3.8) is 0 Å². The van der Waals surface area contributed by atoms with Crippen LogP contribution in [-0.4, -0.2) is 77.6 Å². The largest absolute Gasteiger partial charge is 0.360 e. The van der Waals surface area contributed by atoms with Crippen molar-refractivity contribution in [2.75, 3.05) is 39.8 Å². The zero-order valence-electron chi connectivity index (χ0n) is 14.8. The molecule has 1 amide bonds. The highest BCUT2D eigenvalue weighted by Gasteiger charge is 2.34. The van der Waals surface area contributed by atoms with Crippen molar-refractivity contribution in [2.45, 2.75) is 50.6 Å². The fraction of sp³-hybridized carbons (Fsp3) is 0.778. The molecule has 1 aliphatic carbocycles. The molecular weight excluding hydrogens is 304 g/mol. The van der Waals surface area contributed by atoms with Gasteiger partial charge in [0.1, 0.15) is 5.76 Å². The van der Waals surface area contributed by atoms with Crippen molar-refractivity contribution in [1.29, 1.82) is 0 Å². The number of carbonyl (C=O) groups excluding carboxylic acids is 1. The number of piperidine rings is 1. The van der Waals surface area contributed by atoms with Gasteiger partial charge in [-0.1, -0.05) is 5.16 Å². The molecule has 0 N–H and O–H groups in total. The minimum atomic E-state index is 0.0283. The van der Waals surface area contributed by atoms with Crippen LogP contribution >= 0.6 is 0 Å². The molecule has 6 heteroatoms. The zero-order chi connectivity index (χ0) is 16.7. The molecule has 1 unspecified atom stereocenters. The molecule has 6 nitrogen and oxygen atoms in total. The van der Waals surface area contributed by atoms with E-state index in [0.717, 1.165) is 38.2 Å². The van der Waals surface area contributed by atoms with Crippen molar-refractivity contribution in [1.82, 2.24) is 19.9 Å². The van der Waals surface area contributed by atoms with Crippen LogP contribution in [0, 0.1) is 0 Å². The third kappa shape index (κ3) is 3.22. The lowest BCUT2D eigenvalue weighted by Gasteiger charge is -2.46. The van der Waals surface area contributed by atoms with Crippen LogP contribution in [-0.2, 0) is 0 Å². The van der Waals surface area contributed by atoms with Gasteiger partial charge in [0.25, 0.3) is 5.91 Å². The fourth-order valence-corrected chi connectivity index (χ4v) is 4.14. The molecule has 1 atom stereocenters. The number of rotatable bonds is 3. The van der Waals surface area contributed by atoms with Crippen molar-refractivity contribution >= 4 is 5.91 Å².